The molecule has 0 fully saturated rings. The van der Waals surface area contributed by atoms with Gasteiger partial charge in [-0.1, -0.05) is 0 Å². The van der Waals surface area contributed by atoms with Gasteiger partial charge in [0.2, 0.25) is 0 Å². The summed E-state index contributed by atoms with van der Waals surface area (Å²) < 4.78 is 21.3. The minimum Gasteiger partial charge on any atom is -0.316 e. The van der Waals surface area contributed by atoms with E-state index in [-0.39, 0.29) is 5.75 Å². The van der Waals surface area contributed by atoms with Crippen molar-refractivity contribution < 1.29 is 8.42 Å². The molecule has 0 aromatic rings. The molecule has 0 amide bonds. The number of rotatable bonds is 6. The lowest BCUT2D eigenvalue weighted by molar-refractivity contribution is 0.595. The Bertz CT molecular complexity index is 238. The van der Waals surface area contributed by atoms with Crippen molar-refractivity contribution in [3.63, 3.8) is 0 Å². The molecule has 0 radical (unpaired) electrons. The van der Waals surface area contributed by atoms with Crippen molar-refractivity contribution >= 4 is 9.84 Å². The second kappa shape index (κ2) is 6.04. The van der Waals surface area contributed by atoms with Crippen LogP contribution in [0.4, 0.5) is 0 Å². The van der Waals surface area contributed by atoms with E-state index in [4.69, 9.17) is 6.42 Å². The van der Waals surface area contributed by atoms with Gasteiger partial charge in [-0.2, -0.15) is 0 Å². The molecule has 0 atom stereocenters. The van der Waals surface area contributed by atoms with Crippen LogP contribution in [0.1, 0.15) is 12.8 Å². The zero-order chi connectivity index (χ0) is 9.45. The topological polar surface area (TPSA) is 46.2 Å². The summed E-state index contributed by atoms with van der Waals surface area (Å²) in [5.41, 5.74) is 0. The number of nitrogens with one attached hydrogen (secondary N) is 1. The summed E-state index contributed by atoms with van der Waals surface area (Å²) in [5, 5.41) is 3.00. The van der Waals surface area contributed by atoms with Gasteiger partial charge in [-0.05, 0) is 13.0 Å². The van der Waals surface area contributed by atoms with E-state index < -0.39 is 9.84 Å². The van der Waals surface area contributed by atoms with Gasteiger partial charge in [-0.15, -0.1) is 12.3 Å². The van der Waals surface area contributed by atoms with Gasteiger partial charge < -0.3 is 5.32 Å². The van der Waals surface area contributed by atoms with Crippen LogP contribution in [0, 0.1) is 12.3 Å². The Balaban J connectivity index is 3.18. The Kier molecular flexibility index (Phi) is 5.77. The van der Waals surface area contributed by atoms with Crippen LogP contribution in [-0.2, 0) is 9.84 Å². The molecule has 0 bridgehead atoms. The Hall–Kier alpha value is -0.530. The van der Waals surface area contributed by atoms with Crippen LogP contribution in [0.3, 0.4) is 0 Å². The maximum atomic E-state index is 10.6. The molecule has 0 aliphatic rings. The van der Waals surface area contributed by atoms with E-state index in [0.29, 0.717) is 6.54 Å². The van der Waals surface area contributed by atoms with Crippen LogP contribution in [0.2, 0.25) is 0 Å². The summed E-state index contributed by atoms with van der Waals surface area (Å²) in [5.74, 6) is 2.71. The molecule has 12 heavy (non-hydrogen) atoms. The first-order chi connectivity index (χ1) is 5.56. The zero-order valence-corrected chi connectivity index (χ0v) is 8.15. The largest absolute Gasteiger partial charge is 0.316 e. The smallest absolute Gasteiger partial charge is 0.148 e. The van der Waals surface area contributed by atoms with E-state index in [1.165, 1.54) is 6.26 Å². The molecule has 3 nitrogen and oxygen atoms in total. The van der Waals surface area contributed by atoms with E-state index >= 15 is 0 Å². The lowest BCUT2D eigenvalue weighted by atomic mass is 10.3. The van der Waals surface area contributed by atoms with Crippen molar-refractivity contribution in [2.24, 2.45) is 0 Å². The summed E-state index contributed by atoms with van der Waals surface area (Å²) in [6, 6.07) is 0. The maximum Gasteiger partial charge on any atom is 0.148 e. The molecular weight excluding hydrogens is 174 g/mol. The fraction of sp³-hybridized carbons (Fsp3) is 0.750. The van der Waals surface area contributed by atoms with Crippen LogP contribution in [0.15, 0.2) is 0 Å². The van der Waals surface area contributed by atoms with Crippen LogP contribution in [0.25, 0.3) is 0 Å². The van der Waals surface area contributed by atoms with E-state index in [9.17, 15) is 8.42 Å². The molecule has 0 saturated heterocycles. The van der Waals surface area contributed by atoms with Crippen molar-refractivity contribution in [2.75, 3.05) is 25.1 Å². The van der Waals surface area contributed by atoms with Crippen LogP contribution < -0.4 is 5.32 Å². The van der Waals surface area contributed by atoms with E-state index in [0.717, 1.165) is 19.4 Å². The molecule has 0 aromatic heterocycles. The third kappa shape index (κ3) is 9.47. The monoisotopic (exact) mass is 189 g/mol. The van der Waals surface area contributed by atoms with E-state index in [1.54, 1.807) is 0 Å². The predicted molar refractivity (Wildman–Crippen MR) is 50.6 cm³/mol. The zero-order valence-electron chi connectivity index (χ0n) is 7.34. The highest BCUT2D eigenvalue weighted by Crippen LogP contribution is 1.83. The van der Waals surface area contributed by atoms with Gasteiger partial charge >= 0.3 is 0 Å². The van der Waals surface area contributed by atoms with Gasteiger partial charge in [0.25, 0.3) is 0 Å². The second-order valence-corrected chi connectivity index (χ2v) is 4.95. The first-order valence-electron chi connectivity index (χ1n) is 3.88. The summed E-state index contributed by atoms with van der Waals surface area (Å²) >= 11 is 0. The quantitative estimate of drug-likeness (QED) is 0.474. The third-order valence-electron chi connectivity index (χ3n) is 1.32. The highest BCUT2D eigenvalue weighted by atomic mass is 32.2. The van der Waals surface area contributed by atoms with Crippen molar-refractivity contribution in [1.29, 1.82) is 0 Å². The van der Waals surface area contributed by atoms with E-state index in [1.807, 2.05) is 0 Å². The molecule has 70 valence electrons. The Labute approximate surface area is 74.5 Å². The summed E-state index contributed by atoms with van der Waals surface area (Å²) in [4.78, 5) is 0. The summed E-state index contributed by atoms with van der Waals surface area (Å²) in [6.45, 7) is 1.31. The van der Waals surface area contributed by atoms with Crippen molar-refractivity contribution in [3.8, 4) is 12.3 Å². The van der Waals surface area contributed by atoms with Gasteiger partial charge in [0.05, 0.1) is 5.75 Å². The molecule has 4 heteroatoms. The normalized spacial score (nSPS) is 11.0. The molecule has 1 N–H and O–H groups in total. The molecule has 0 rings (SSSR count). The highest BCUT2D eigenvalue weighted by molar-refractivity contribution is 7.90. The molecule has 0 unspecified atom stereocenters. The number of hydrogen-bond donors (Lipinski definition) is 1. The molecular formula is C8H15NO2S. The minimum absolute atomic E-state index is 0.197. The SMILES string of the molecule is C#CCCCNCCS(C)(=O)=O. The lowest BCUT2D eigenvalue weighted by Gasteiger charge is -2.00. The van der Waals surface area contributed by atoms with Crippen molar-refractivity contribution in [1.82, 2.24) is 5.32 Å². The van der Waals surface area contributed by atoms with Crippen molar-refractivity contribution in [2.45, 2.75) is 12.8 Å². The highest BCUT2D eigenvalue weighted by Gasteiger charge is 1.99. The fourth-order valence-electron chi connectivity index (χ4n) is 0.698. The predicted octanol–water partition coefficient (Wildman–Crippen LogP) is 0.0340. The third-order valence-corrected chi connectivity index (χ3v) is 2.27. The van der Waals surface area contributed by atoms with Gasteiger partial charge in [0, 0.05) is 19.2 Å². The summed E-state index contributed by atoms with van der Waals surface area (Å²) in [6.07, 6.45) is 7.92. The first kappa shape index (κ1) is 11.5. The number of hydrogen-bond acceptors (Lipinski definition) is 3. The van der Waals surface area contributed by atoms with Gasteiger partial charge in [0.15, 0.2) is 0 Å². The summed E-state index contributed by atoms with van der Waals surface area (Å²) in [7, 11) is -2.82. The average molecular weight is 189 g/mol. The van der Waals surface area contributed by atoms with Crippen molar-refractivity contribution in [3.05, 3.63) is 0 Å². The molecule has 0 aliphatic carbocycles. The Morgan fingerprint density at radius 1 is 1.42 bits per heavy atom. The van der Waals surface area contributed by atoms with Crippen LogP contribution in [-0.4, -0.2) is 33.5 Å². The van der Waals surface area contributed by atoms with Gasteiger partial charge in [-0.3, -0.25) is 0 Å². The van der Waals surface area contributed by atoms with E-state index in [2.05, 4.69) is 11.2 Å². The molecule has 0 aliphatic heterocycles. The number of unbranched alkanes of at least 4 members (excludes halogenated alkanes) is 1. The Morgan fingerprint density at radius 3 is 2.58 bits per heavy atom. The number of terminal acetylenes is 1. The first-order valence-corrected chi connectivity index (χ1v) is 5.94. The van der Waals surface area contributed by atoms with Gasteiger partial charge in [-0.25, -0.2) is 8.42 Å². The maximum absolute atomic E-state index is 10.6. The molecule has 0 aromatic carbocycles. The minimum atomic E-state index is -2.82. The second-order valence-electron chi connectivity index (χ2n) is 2.69. The fourth-order valence-corrected chi connectivity index (χ4v) is 1.21. The van der Waals surface area contributed by atoms with Crippen LogP contribution >= 0.6 is 0 Å². The average Bonchev–Trinajstić information content (AvgIpc) is 1.94. The van der Waals surface area contributed by atoms with Crippen LogP contribution in [0.5, 0.6) is 0 Å². The standard InChI is InChI=1S/C8H15NO2S/c1-3-4-5-6-9-7-8-12(2,10)11/h1,9H,4-8H2,2H3. The molecule has 0 spiro atoms. The Morgan fingerprint density at radius 2 is 2.08 bits per heavy atom. The molecule has 0 heterocycles. The molecule has 0 saturated carbocycles. The number of sulfone groups is 1. The lowest BCUT2D eigenvalue weighted by Crippen LogP contribution is -2.23. The van der Waals surface area contributed by atoms with Gasteiger partial charge in [0.1, 0.15) is 9.84 Å².